The summed E-state index contributed by atoms with van der Waals surface area (Å²) < 4.78 is 8.74. The molecule has 0 N–H and O–H groups in total. The SMILES string of the molecule is Brc1c2c(nn1C1CCC1)CCOC2. The molecule has 2 heterocycles. The third kappa shape index (κ3) is 1.24. The molecule has 14 heavy (non-hydrogen) atoms. The molecule has 1 aliphatic heterocycles. The van der Waals surface area contributed by atoms with Crippen molar-refractivity contribution in [3.8, 4) is 0 Å². The van der Waals surface area contributed by atoms with Gasteiger partial charge in [-0.3, -0.25) is 4.68 Å². The Morgan fingerprint density at radius 2 is 2.29 bits per heavy atom. The number of aromatic nitrogens is 2. The highest BCUT2D eigenvalue weighted by Crippen LogP contribution is 2.36. The zero-order valence-corrected chi connectivity index (χ0v) is 9.59. The van der Waals surface area contributed by atoms with Crippen molar-refractivity contribution in [1.29, 1.82) is 0 Å². The summed E-state index contributed by atoms with van der Waals surface area (Å²) in [6.45, 7) is 1.55. The second kappa shape index (κ2) is 3.35. The van der Waals surface area contributed by atoms with E-state index in [1.807, 2.05) is 0 Å². The lowest BCUT2D eigenvalue weighted by Crippen LogP contribution is -2.18. The Morgan fingerprint density at radius 3 is 2.93 bits per heavy atom. The van der Waals surface area contributed by atoms with Crippen LogP contribution >= 0.6 is 15.9 Å². The van der Waals surface area contributed by atoms with Gasteiger partial charge in [-0.2, -0.15) is 5.10 Å². The number of rotatable bonds is 1. The minimum Gasteiger partial charge on any atom is -0.376 e. The molecule has 76 valence electrons. The van der Waals surface area contributed by atoms with Crippen LogP contribution in [-0.4, -0.2) is 16.4 Å². The first-order valence-corrected chi connectivity index (χ1v) is 5.99. The summed E-state index contributed by atoms with van der Waals surface area (Å²) in [7, 11) is 0. The number of hydrogen-bond acceptors (Lipinski definition) is 2. The topological polar surface area (TPSA) is 27.1 Å². The van der Waals surface area contributed by atoms with Crippen LogP contribution in [-0.2, 0) is 17.8 Å². The van der Waals surface area contributed by atoms with Gasteiger partial charge in [-0.1, -0.05) is 0 Å². The summed E-state index contributed by atoms with van der Waals surface area (Å²) in [5.41, 5.74) is 2.50. The first kappa shape index (κ1) is 8.92. The van der Waals surface area contributed by atoms with Crippen molar-refractivity contribution in [2.45, 2.75) is 38.3 Å². The van der Waals surface area contributed by atoms with Gasteiger partial charge in [0.05, 0.1) is 24.9 Å². The average Bonchev–Trinajstić information content (AvgIpc) is 2.43. The van der Waals surface area contributed by atoms with Crippen LogP contribution in [0, 0.1) is 0 Å². The molecule has 4 heteroatoms. The smallest absolute Gasteiger partial charge is 0.110 e. The first-order valence-electron chi connectivity index (χ1n) is 5.20. The quantitative estimate of drug-likeness (QED) is 0.772. The number of ether oxygens (including phenoxy) is 1. The van der Waals surface area contributed by atoms with Gasteiger partial charge < -0.3 is 4.74 Å². The second-order valence-electron chi connectivity index (χ2n) is 4.05. The van der Waals surface area contributed by atoms with E-state index in [1.165, 1.54) is 30.5 Å². The molecule has 1 aromatic heterocycles. The minimum absolute atomic E-state index is 0.634. The molecule has 0 amide bonds. The molecular weight excluding hydrogens is 244 g/mol. The molecule has 1 aliphatic carbocycles. The van der Waals surface area contributed by atoms with Crippen molar-refractivity contribution in [2.24, 2.45) is 0 Å². The van der Waals surface area contributed by atoms with E-state index < -0.39 is 0 Å². The maximum Gasteiger partial charge on any atom is 0.110 e. The molecule has 0 atom stereocenters. The van der Waals surface area contributed by atoms with Gasteiger partial charge in [0.1, 0.15) is 4.60 Å². The molecule has 0 saturated heterocycles. The van der Waals surface area contributed by atoms with Crippen LogP contribution in [0.5, 0.6) is 0 Å². The van der Waals surface area contributed by atoms with Crippen LogP contribution < -0.4 is 0 Å². The predicted octanol–water partition coefficient (Wildman–Crippen LogP) is 2.44. The highest BCUT2D eigenvalue weighted by Gasteiger charge is 2.26. The summed E-state index contributed by atoms with van der Waals surface area (Å²) in [5, 5.41) is 4.66. The van der Waals surface area contributed by atoms with E-state index in [1.54, 1.807) is 0 Å². The lowest BCUT2D eigenvalue weighted by molar-refractivity contribution is 0.110. The Balaban J connectivity index is 2.00. The summed E-state index contributed by atoms with van der Waals surface area (Å²) in [5.74, 6) is 0. The maximum absolute atomic E-state index is 5.44. The highest BCUT2D eigenvalue weighted by atomic mass is 79.9. The third-order valence-corrected chi connectivity index (χ3v) is 4.02. The fourth-order valence-corrected chi connectivity index (χ4v) is 2.76. The van der Waals surface area contributed by atoms with Crippen LogP contribution in [0.3, 0.4) is 0 Å². The molecule has 2 aliphatic rings. The van der Waals surface area contributed by atoms with E-state index in [0.29, 0.717) is 6.04 Å². The van der Waals surface area contributed by atoms with Crippen LogP contribution in [0.4, 0.5) is 0 Å². The van der Waals surface area contributed by atoms with Gasteiger partial charge in [0.2, 0.25) is 0 Å². The van der Waals surface area contributed by atoms with E-state index in [0.717, 1.165) is 24.2 Å². The van der Waals surface area contributed by atoms with Gasteiger partial charge in [0.25, 0.3) is 0 Å². The monoisotopic (exact) mass is 256 g/mol. The van der Waals surface area contributed by atoms with Crippen LogP contribution in [0.2, 0.25) is 0 Å². The van der Waals surface area contributed by atoms with Gasteiger partial charge in [0, 0.05) is 12.0 Å². The Hall–Kier alpha value is -0.350. The molecule has 3 rings (SSSR count). The third-order valence-electron chi connectivity index (χ3n) is 3.18. The number of halogens is 1. The summed E-state index contributed by atoms with van der Waals surface area (Å²) >= 11 is 3.63. The fourth-order valence-electron chi connectivity index (χ4n) is 2.05. The molecule has 0 radical (unpaired) electrons. The van der Waals surface area contributed by atoms with Crippen molar-refractivity contribution in [1.82, 2.24) is 9.78 Å². The zero-order chi connectivity index (χ0) is 9.54. The molecule has 1 aromatic rings. The largest absolute Gasteiger partial charge is 0.376 e. The first-order chi connectivity index (χ1) is 6.86. The fraction of sp³-hybridized carbons (Fsp3) is 0.700. The van der Waals surface area contributed by atoms with Crippen LogP contribution in [0.25, 0.3) is 0 Å². The van der Waals surface area contributed by atoms with Crippen molar-refractivity contribution in [3.05, 3.63) is 15.9 Å². The van der Waals surface area contributed by atoms with Crippen molar-refractivity contribution in [3.63, 3.8) is 0 Å². The van der Waals surface area contributed by atoms with E-state index >= 15 is 0 Å². The van der Waals surface area contributed by atoms with E-state index in [2.05, 4.69) is 25.7 Å². The van der Waals surface area contributed by atoms with Gasteiger partial charge in [-0.05, 0) is 35.2 Å². The number of fused-ring (bicyclic) bond motifs is 1. The molecule has 0 spiro atoms. The van der Waals surface area contributed by atoms with Crippen LogP contribution in [0.15, 0.2) is 4.60 Å². The van der Waals surface area contributed by atoms with E-state index in [9.17, 15) is 0 Å². The molecular formula is C10H13BrN2O. The summed E-state index contributed by atoms with van der Waals surface area (Å²) in [6, 6.07) is 0.634. The second-order valence-corrected chi connectivity index (χ2v) is 4.80. The molecule has 0 bridgehead atoms. The summed E-state index contributed by atoms with van der Waals surface area (Å²) in [6.07, 6.45) is 4.87. The molecule has 0 aromatic carbocycles. The average molecular weight is 257 g/mol. The molecule has 1 fully saturated rings. The van der Waals surface area contributed by atoms with Gasteiger partial charge in [0.15, 0.2) is 0 Å². The van der Waals surface area contributed by atoms with E-state index in [4.69, 9.17) is 4.74 Å². The lowest BCUT2D eigenvalue weighted by Gasteiger charge is -2.26. The Morgan fingerprint density at radius 1 is 1.43 bits per heavy atom. The zero-order valence-electron chi connectivity index (χ0n) is 8.00. The Labute approximate surface area is 91.6 Å². The lowest BCUT2D eigenvalue weighted by atomic mass is 9.93. The standard InChI is InChI=1S/C10H13BrN2O/c11-10-8-6-14-5-4-9(8)12-13(10)7-2-1-3-7/h7H,1-6H2. The van der Waals surface area contributed by atoms with Crippen molar-refractivity contribution < 1.29 is 4.74 Å². The highest BCUT2D eigenvalue weighted by molar-refractivity contribution is 9.10. The molecule has 0 unspecified atom stereocenters. The van der Waals surface area contributed by atoms with Crippen molar-refractivity contribution >= 4 is 15.9 Å². The van der Waals surface area contributed by atoms with Crippen LogP contribution in [0.1, 0.15) is 36.6 Å². The van der Waals surface area contributed by atoms with E-state index in [-0.39, 0.29) is 0 Å². The molecule has 3 nitrogen and oxygen atoms in total. The summed E-state index contributed by atoms with van der Waals surface area (Å²) in [4.78, 5) is 0. The maximum atomic E-state index is 5.44. The van der Waals surface area contributed by atoms with Gasteiger partial charge in [-0.15, -0.1) is 0 Å². The minimum atomic E-state index is 0.634. The predicted molar refractivity (Wildman–Crippen MR) is 56.2 cm³/mol. The molecule has 1 saturated carbocycles. The number of hydrogen-bond donors (Lipinski definition) is 0. The van der Waals surface area contributed by atoms with Crippen molar-refractivity contribution in [2.75, 3.05) is 6.61 Å². The van der Waals surface area contributed by atoms with Gasteiger partial charge in [-0.25, -0.2) is 0 Å². The number of nitrogens with zero attached hydrogens (tertiary/aromatic N) is 2. The normalized spacial score (nSPS) is 21.8. The van der Waals surface area contributed by atoms with Gasteiger partial charge >= 0.3 is 0 Å². The Kier molecular flexibility index (Phi) is 2.13. The Bertz CT molecular complexity index is 357.